The first-order chi connectivity index (χ1) is 6.50. The van der Waals surface area contributed by atoms with Crippen molar-refractivity contribution in [3.8, 4) is 0 Å². The van der Waals surface area contributed by atoms with Crippen LogP contribution >= 0.6 is 7.60 Å². The lowest BCUT2D eigenvalue weighted by molar-refractivity contribution is -0.141. The summed E-state index contributed by atoms with van der Waals surface area (Å²) in [5, 5.41) is 0. The Balaban J connectivity index is 4.78. The van der Waals surface area contributed by atoms with E-state index >= 15 is 0 Å². The Morgan fingerprint density at radius 3 is 2.14 bits per heavy atom. The van der Waals surface area contributed by atoms with Crippen molar-refractivity contribution in [3.05, 3.63) is 12.2 Å². The minimum absolute atomic E-state index is 0.539. The average Bonchev–Trinajstić information content (AvgIpc) is 2.15. The number of esters is 1. The van der Waals surface area contributed by atoms with E-state index in [1.54, 1.807) is 13.0 Å². The summed E-state index contributed by atoms with van der Waals surface area (Å²) >= 11 is 0. The fourth-order valence-electron chi connectivity index (χ4n) is 0.826. The molecule has 0 aromatic heterocycles. The third kappa shape index (κ3) is 3.62. The SMILES string of the molecule is C/C=C/[C@@H](OC(C)=O)P(=O)(OC)OC. The lowest BCUT2D eigenvalue weighted by Crippen LogP contribution is -2.16. The maximum absolute atomic E-state index is 11.8. The molecule has 0 aliphatic heterocycles. The van der Waals surface area contributed by atoms with Gasteiger partial charge in [0.15, 0.2) is 0 Å². The molecule has 0 saturated carbocycles. The van der Waals surface area contributed by atoms with E-state index in [1.807, 2.05) is 0 Å². The van der Waals surface area contributed by atoms with Crippen LogP contribution in [0, 0.1) is 0 Å². The summed E-state index contributed by atoms with van der Waals surface area (Å²) in [4.78, 5) is 10.7. The maximum atomic E-state index is 11.8. The van der Waals surface area contributed by atoms with Crippen LogP contribution in [0.2, 0.25) is 0 Å². The molecular weight excluding hydrogens is 207 g/mol. The standard InChI is InChI=1S/C8H15O5P/c1-5-6-8(13-7(2)9)14(10,11-3)12-4/h5-6,8H,1-4H3/b6-5+/t8-/m0/s1. The van der Waals surface area contributed by atoms with Gasteiger partial charge in [-0.25, -0.2) is 0 Å². The van der Waals surface area contributed by atoms with Crippen LogP contribution in [0.15, 0.2) is 12.2 Å². The van der Waals surface area contributed by atoms with Gasteiger partial charge in [0.2, 0.25) is 5.85 Å². The van der Waals surface area contributed by atoms with Crippen LogP contribution in [-0.4, -0.2) is 26.0 Å². The highest BCUT2D eigenvalue weighted by Crippen LogP contribution is 2.52. The van der Waals surface area contributed by atoms with Crippen molar-refractivity contribution < 1.29 is 23.1 Å². The molecule has 0 aromatic rings. The molecule has 0 fully saturated rings. The topological polar surface area (TPSA) is 61.8 Å². The van der Waals surface area contributed by atoms with Crippen LogP contribution in [0.25, 0.3) is 0 Å². The normalized spacial score (nSPS) is 14.3. The fraction of sp³-hybridized carbons (Fsp3) is 0.625. The van der Waals surface area contributed by atoms with Crippen LogP contribution in [0.5, 0.6) is 0 Å². The van der Waals surface area contributed by atoms with Gasteiger partial charge in [0.1, 0.15) is 0 Å². The predicted molar refractivity (Wildman–Crippen MR) is 52.0 cm³/mol. The van der Waals surface area contributed by atoms with E-state index < -0.39 is 19.4 Å². The first-order valence-corrected chi connectivity index (χ1v) is 5.62. The Morgan fingerprint density at radius 2 is 1.86 bits per heavy atom. The molecule has 0 unspecified atom stereocenters. The highest BCUT2D eigenvalue weighted by atomic mass is 31.2. The summed E-state index contributed by atoms with van der Waals surface area (Å²) in [6.45, 7) is 2.94. The van der Waals surface area contributed by atoms with Gasteiger partial charge < -0.3 is 13.8 Å². The number of allylic oxidation sites excluding steroid dienone is 1. The molecule has 0 aliphatic rings. The highest BCUT2D eigenvalue weighted by Gasteiger charge is 2.34. The van der Waals surface area contributed by atoms with Gasteiger partial charge in [0.25, 0.3) is 0 Å². The Kier molecular flexibility index (Phi) is 5.69. The summed E-state index contributed by atoms with van der Waals surface area (Å²) in [6.07, 6.45) is 3.06. The second-order valence-corrected chi connectivity index (χ2v) is 4.75. The minimum Gasteiger partial charge on any atom is -0.445 e. The van der Waals surface area contributed by atoms with Gasteiger partial charge in [-0.15, -0.1) is 0 Å². The van der Waals surface area contributed by atoms with Crippen LogP contribution in [0.3, 0.4) is 0 Å². The fourth-order valence-corrected chi connectivity index (χ4v) is 2.05. The number of hydrogen-bond acceptors (Lipinski definition) is 5. The largest absolute Gasteiger partial charge is 0.445 e. The number of carbonyl (C=O) groups is 1. The molecule has 0 saturated heterocycles. The Labute approximate surface area is 83.6 Å². The smallest absolute Gasteiger partial charge is 0.374 e. The van der Waals surface area contributed by atoms with Crippen LogP contribution in [0.4, 0.5) is 0 Å². The van der Waals surface area contributed by atoms with Crippen molar-refractivity contribution >= 4 is 13.6 Å². The maximum Gasteiger partial charge on any atom is 0.374 e. The van der Waals surface area contributed by atoms with Gasteiger partial charge in [-0.3, -0.25) is 9.36 Å². The van der Waals surface area contributed by atoms with Gasteiger partial charge in [-0.2, -0.15) is 0 Å². The van der Waals surface area contributed by atoms with Gasteiger partial charge in [0.05, 0.1) is 0 Å². The molecule has 0 N–H and O–H groups in total. The van der Waals surface area contributed by atoms with E-state index in [4.69, 9.17) is 13.8 Å². The van der Waals surface area contributed by atoms with E-state index in [2.05, 4.69) is 0 Å². The number of rotatable bonds is 5. The molecule has 0 rings (SSSR count). The van der Waals surface area contributed by atoms with Gasteiger partial charge in [0, 0.05) is 21.1 Å². The zero-order chi connectivity index (χ0) is 11.2. The third-order valence-corrected chi connectivity index (χ3v) is 3.38. The second-order valence-electron chi connectivity index (χ2n) is 2.43. The molecule has 0 bridgehead atoms. The van der Waals surface area contributed by atoms with Crippen molar-refractivity contribution in [1.82, 2.24) is 0 Å². The molecule has 0 spiro atoms. The molecular formula is C8H15O5P. The number of ether oxygens (including phenoxy) is 1. The molecule has 0 radical (unpaired) electrons. The number of carbonyl (C=O) groups excluding carboxylic acids is 1. The van der Waals surface area contributed by atoms with Gasteiger partial charge >= 0.3 is 13.6 Å². The molecule has 0 aromatic carbocycles. The van der Waals surface area contributed by atoms with E-state index in [1.165, 1.54) is 27.2 Å². The quantitative estimate of drug-likeness (QED) is 0.404. The zero-order valence-electron chi connectivity index (χ0n) is 8.72. The van der Waals surface area contributed by atoms with Crippen molar-refractivity contribution in [3.63, 3.8) is 0 Å². The molecule has 1 atom stereocenters. The summed E-state index contributed by atoms with van der Waals surface area (Å²) < 4.78 is 26.0. The molecule has 14 heavy (non-hydrogen) atoms. The predicted octanol–water partition coefficient (Wildman–Crippen LogP) is 1.94. The molecule has 6 heteroatoms. The van der Waals surface area contributed by atoms with Crippen LogP contribution in [-0.2, 0) is 23.1 Å². The van der Waals surface area contributed by atoms with Crippen molar-refractivity contribution in [2.45, 2.75) is 19.7 Å². The monoisotopic (exact) mass is 222 g/mol. The summed E-state index contributed by atoms with van der Waals surface area (Å²) in [5.74, 6) is -1.53. The van der Waals surface area contributed by atoms with Gasteiger partial charge in [-0.05, 0) is 13.0 Å². The van der Waals surface area contributed by atoms with Crippen molar-refractivity contribution in [2.75, 3.05) is 14.2 Å². The molecule has 5 nitrogen and oxygen atoms in total. The lowest BCUT2D eigenvalue weighted by atomic mass is 10.5. The van der Waals surface area contributed by atoms with E-state index in [9.17, 15) is 9.36 Å². The Bertz CT molecular complexity index is 252. The summed E-state index contributed by atoms with van der Waals surface area (Å²) in [7, 11) is -0.911. The lowest BCUT2D eigenvalue weighted by Gasteiger charge is -2.20. The zero-order valence-corrected chi connectivity index (χ0v) is 9.61. The van der Waals surface area contributed by atoms with E-state index in [0.717, 1.165) is 0 Å². The average molecular weight is 222 g/mol. The summed E-state index contributed by atoms with van der Waals surface area (Å²) in [6, 6.07) is 0. The third-order valence-electron chi connectivity index (χ3n) is 1.46. The molecule has 82 valence electrons. The van der Waals surface area contributed by atoms with Crippen molar-refractivity contribution in [1.29, 1.82) is 0 Å². The highest BCUT2D eigenvalue weighted by molar-refractivity contribution is 7.54. The second kappa shape index (κ2) is 5.96. The van der Waals surface area contributed by atoms with E-state index in [-0.39, 0.29) is 0 Å². The van der Waals surface area contributed by atoms with E-state index in [0.29, 0.717) is 0 Å². The first kappa shape index (κ1) is 13.4. The van der Waals surface area contributed by atoms with Gasteiger partial charge in [-0.1, -0.05) is 6.08 Å². The van der Waals surface area contributed by atoms with Crippen LogP contribution < -0.4 is 0 Å². The number of hydrogen-bond donors (Lipinski definition) is 0. The molecule has 0 aliphatic carbocycles. The first-order valence-electron chi connectivity index (χ1n) is 4.01. The Hall–Kier alpha value is -0.640. The Morgan fingerprint density at radius 1 is 1.36 bits per heavy atom. The molecule has 0 amide bonds. The van der Waals surface area contributed by atoms with Crippen LogP contribution in [0.1, 0.15) is 13.8 Å². The minimum atomic E-state index is -3.39. The van der Waals surface area contributed by atoms with Crippen molar-refractivity contribution in [2.24, 2.45) is 0 Å². The summed E-state index contributed by atoms with van der Waals surface area (Å²) in [5.41, 5.74) is 0. The molecule has 0 heterocycles.